The molecule has 4 nitrogen and oxygen atoms in total. The Hall–Kier alpha value is -1.17. The van der Waals surface area contributed by atoms with Crippen LogP contribution in [-0.4, -0.2) is 36.0 Å². The quantitative estimate of drug-likeness (QED) is 0.642. The second-order valence-electron chi connectivity index (χ2n) is 4.89. The summed E-state index contributed by atoms with van der Waals surface area (Å²) < 4.78 is 26.3. The Balaban J connectivity index is 1.89. The van der Waals surface area contributed by atoms with Gasteiger partial charge >= 0.3 is 0 Å². The summed E-state index contributed by atoms with van der Waals surface area (Å²) >= 11 is 0. The number of hydrogen-bond donors (Lipinski definition) is 1. The molecular weight excluding hydrogens is 250 g/mol. The Labute approximate surface area is 107 Å². The zero-order chi connectivity index (χ0) is 12.9. The molecule has 18 heavy (non-hydrogen) atoms. The molecule has 1 aliphatic carbocycles. The van der Waals surface area contributed by atoms with Gasteiger partial charge in [0.25, 0.3) is 0 Å². The molecule has 1 aromatic rings. The summed E-state index contributed by atoms with van der Waals surface area (Å²) in [5.41, 5.74) is 1.03. The molecule has 96 valence electrons. The van der Waals surface area contributed by atoms with Crippen molar-refractivity contribution in [3.05, 3.63) is 42.0 Å². The van der Waals surface area contributed by atoms with Crippen LogP contribution in [0.15, 0.2) is 41.3 Å². The van der Waals surface area contributed by atoms with Crippen molar-refractivity contribution in [2.24, 2.45) is 0 Å². The average molecular weight is 265 g/mol. The Morgan fingerprint density at radius 2 is 1.89 bits per heavy atom. The van der Waals surface area contributed by atoms with E-state index in [1.807, 2.05) is 6.92 Å². The normalized spacial score (nSPS) is 34.1. The van der Waals surface area contributed by atoms with Gasteiger partial charge in [0.1, 0.15) is 0 Å². The van der Waals surface area contributed by atoms with E-state index in [1.165, 1.54) is 4.31 Å². The predicted molar refractivity (Wildman–Crippen MR) is 67.5 cm³/mol. The molecule has 1 saturated heterocycles. The highest BCUT2D eigenvalue weighted by Crippen LogP contribution is 2.41. The van der Waals surface area contributed by atoms with Crippen molar-refractivity contribution in [3.8, 4) is 0 Å². The maximum atomic E-state index is 12.4. The molecule has 4 atom stereocenters. The number of rotatable bonds is 2. The highest BCUT2D eigenvalue weighted by atomic mass is 32.2. The molecule has 1 aromatic carbocycles. The van der Waals surface area contributed by atoms with Crippen molar-refractivity contribution in [2.45, 2.75) is 36.4 Å². The van der Waals surface area contributed by atoms with Gasteiger partial charge in [0.15, 0.2) is 0 Å². The molecule has 1 fully saturated rings. The maximum Gasteiger partial charge on any atom is 0.243 e. The zero-order valence-electron chi connectivity index (χ0n) is 10.0. The lowest BCUT2D eigenvalue weighted by atomic mass is 10.1. The molecule has 5 heteroatoms. The van der Waals surface area contributed by atoms with E-state index in [0.29, 0.717) is 11.3 Å². The van der Waals surface area contributed by atoms with E-state index in [0.717, 1.165) is 5.56 Å². The van der Waals surface area contributed by atoms with Crippen molar-refractivity contribution in [3.63, 3.8) is 0 Å². The van der Waals surface area contributed by atoms with Crippen LogP contribution in [0.1, 0.15) is 12.0 Å². The molecule has 0 bridgehead atoms. The second-order valence-corrected chi connectivity index (χ2v) is 6.74. The Kier molecular flexibility index (Phi) is 2.59. The smallest absolute Gasteiger partial charge is 0.243 e. The standard InChI is InChI=1S/C13H15NO3S/c1-9-2-5-11(6-3-9)18(16,17)14-12-7-4-10(15)8-13(12)14/h2-7,10,12-13,15H,8H2,1H3/t10-,12+,13-,14?/m0/s1. The summed E-state index contributed by atoms with van der Waals surface area (Å²) in [5.74, 6) is 0. The second kappa shape index (κ2) is 3.91. The molecular formula is C13H15NO3S. The van der Waals surface area contributed by atoms with Gasteiger partial charge in [-0.25, -0.2) is 8.42 Å². The molecule has 0 amide bonds. The van der Waals surface area contributed by atoms with E-state index in [2.05, 4.69) is 0 Å². The van der Waals surface area contributed by atoms with Crippen LogP contribution in [0.2, 0.25) is 0 Å². The van der Waals surface area contributed by atoms with Crippen LogP contribution in [0.4, 0.5) is 0 Å². The van der Waals surface area contributed by atoms with E-state index in [4.69, 9.17) is 0 Å². The first-order valence-corrected chi connectivity index (χ1v) is 7.41. The Bertz CT molecular complexity index is 591. The van der Waals surface area contributed by atoms with Gasteiger partial charge in [-0.3, -0.25) is 0 Å². The molecule has 1 heterocycles. The number of aliphatic hydroxyl groups excluding tert-OH is 1. The SMILES string of the molecule is Cc1ccc(S(=O)(=O)N2[C@@H]3C=C[C@H](O)C[C@@H]32)cc1. The number of hydrogen-bond acceptors (Lipinski definition) is 3. The molecule has 1 N–H and O–H groups in total. The lowest BCUT2D eigenvalue weighted by Crippen LogP contribution is -2.16. The van der Waals surface area contributed by atoms with Gasteiger partial charge in [0.05, 0.1) is 17.0 Å². The third kappa shape index (κ3) is 1.79. The average Bonchev–Trinajstić information content (AvgIpc) is 3.03. The maximum absolute atomic E-state index is 12.4. The third-order valence-electron chi connectivity index (χ3n) is 3.54. The minimum atomic E-state index is -3.42. The number of aliphatic hydroxyl groups is 1. The summed E-state index contributed by atoms with van der Waals surface area (Å²) in [6.45, 7) is 1.92. The fourth-order valence-corrected chi connectivity index (χ4v) is 4.24. The van der Waals surface area contributed by atoms with Crippen molar-refractivity contribution in [1.82, 2.24) is 4.31 Å². The summed E-state index contributed by atoms with van der Waals surface area (Å²) in [4.78, 5) is 0.324. The summed E-state index contributed by atoms with van der Waals surface area (Å²) in [6, 6.07) is 6.72. The molecule has 1 aliphatic heterocycles. The minimum absolute atomic E-state index is 0.0697. The molecule has 0 radical (unpaired) electrons. The Morgan fingerprint density at radius 3 is 2.50 bits per heavy atom. The third-order valence-corrected chi connectivity index (χ3v) is 5.47. The molecule has 1 unspecified atom stereocenters. The lowest BCUT2D eigenvalue weighted by molar-refractivity contribution is 0.207. The van der Waals surface area contributed by atoms with Crippen LogP contribution < -0.4 is 0 Å². The van der Waals surface area contributed by atoms with Crippen LogP contribution in [0.3, 0.4) is 0 Å². The summed E-state index contributed by atoms with van der Waals surface area (Å²) in [5, 5.41) is 9.49. The molecule has 0 spiro atoms. The first-order chi connectivity index (χ1) is 8.50. The molecule has 0 aromatic heterocycles. The van der Waals surface area contributed by atoms with Gasteiger partial charge < -0.3 is 5.11 Å². The van der Waals surface area contributed by atoms with Gasteiger partial charge in [-0.2, -0.15) is 4.31 Å². The number of nitrogens with zero attached hydrogens (tertiary/aromatic N) is 1. The summed E-state index contributed by atoms with van der Waals surface area (Å²) in [6.07, 6.45) is 3.42. The van der Waals surface area contributed by atoms with E-state index < -0.39 is 16.1 Å². The molecule has 2 aliphatic rings. The van der Waals surface area contributed by atoms with Gasteiger partial charge in [-0.05, 0) is 25.5 Å². The number of benzene rings is 1. The van der Waals surface area contributed by atoms with Crippen molar-refractivity contribution < 1.29 is 13.5 Å². The highest BCUT2D eigenvalue weighted by Gasteiger charge is 2.55. The van der Waals surface area contributed by atoms with Crippen LogP contribution >= 0.6 is 0 Å². The van der Waals surface area contributed by atoms with Gasteiger partial charge in [0, 0.05) is 6.04 Å². The molecule has 3 rings (SSSR count). The fourth-order valence-electron chi connectivity index (χ4n) is 2.47. The van der Waals surface area contributed by atoms with E-state index in [1.54, 1.807) is 36.4 Å². The largest absolute Gasteiger partial charge is 0.389 e. The van der Waals surface area contributed by atoms with Gasteiger partial charge in [-0.15, -0.1) is 0 Å². The number of sulfonamides is 1. The minimum Gasteiger partial charge on any atom is -0.389 e. The first kappa shape index (κ1) is 11.9. The zero-order valence-corrected chi connectivity index (χ0v) is 10.8. The monoisotopic (exact) mass is 265 g/mol. The van der Waals surface area contributed by atoms with Gasteiger partial charge in [0.2, 0.25) is 10.0 Å². The van der Waals surface area contributed by atoms with Crippen LogP contribution in [0.5, 0.6) is 0 Å². The number of aryl methyl sites for hydroxylation is 1. The Morgan fingerprint density at radius 1 is 1.22 bits per heavy atom. The van der Waals surface area contributed by atoms with Gasteiger partial charge in [-0.1, -0.05) is 29.8 Å². The lowest BCUT2D eigenvalue weighted by Gasteiger charge is -2.07. The predicted octanol–water partition coefficient (Wildman–Crippen LogP) is 1.06. The van der Waals surface area contributed by atoms with Crippen LogP contribution in [-0.2, 0) is 10.0 Å². The van der Waals surface area contributed by atoms with E-state index in [9.17, 15) is 13.5 Å². The first-order valence-electron chi connectivity index (χ1n) is 5.97. The highest BCUT2D eigenvalue weighted by molar-refractivity contribution is 7.89. The summed E-state index contributed by atoms with van der Waals surface area (Å²) in [7, 11) is -3.42. The topological polar surface area (TPSA) is 57.4 Å². The molecule has 0 saturated carbocycles. The van der Waals surface area contributed by atoms with Crippen LogP contribution in [0.25, 0.3) is 0 Å². The van der Waals surface area contributed by atoms with E-state index >= 15 is 0 Å². The van der Waals surface area contributed by atoms with Crippen molar-refractivity contribution in [1.29, 1.82) is 0 Å². The van der Waals surface area contributed by atoms with E-state index in [-0.39, 0.29) is 12.1 Å². The number of fused-ring (bicyclic) bond motifs is 1. The van der Waals surface area contributed by atoms with Crippen molar-refractivity contribution >= 4 is 10.0 Å². The van der Waals surface area contributed by atoms with Crippen LogP contribution in [0, 0.1) is 6.92 Å². The fraction of sp³-hybridized carbons (Fsp3) is 0.385. The van der Waals surface area contributed by atoms with Crippen molar-refractivity contribution in [2.75, 3.05) is 0 Å².